The van der Waals surface area contributed by atoms with Gasteiger partial charge in [0.1, 0.15) is 19.0 Å². The molecular weight excluding hydrogens is 188 g/mol. The summed E-state index contributed by atoms with van der Waals surface area (Å²) in [4.78, 5) is 31.2. The molecule has 0 saturated heterocycles. The fraction of sp³-hybridized carbons (Fsp3) is 0.667. The first-order valence-corrected chi connectivity index (χ1v) is 4.30. The standard InChI is InChI=1S/C9H14O5/c1-7(11)13-6-9(4-3-5-10)14-8(2)12/h5,9H,3-4,6H2,1-2H3. The Morgan fingerprint density at radius 2 is 1.93 bits per heavy atom. The van der Waals surface area contributed by atoms with Crippen molar-refractivity contribution in [3.63, 3.8) is 0 Å². The zero-order valence-electron chi connectivity index (χ0n) is 8.32. The molecule has 0 aromatic rings. The van der Waals surface area contributed by atoms with Gasteiger partial charge in [-0.25, -0.2) is 0 Å². The van der Waals surface area contributed by atoms with Gasteiger partial charge < -0.3 is 14.3 Å². The summed E-state index contributed by atoms with van der Waals surface area (Å²) in [5.74, 6) is -0.888. The van der Waals surface area contributed by atoms with Crippen LogP contribution < -0.4 is 0 Å². The molecule has 14 heavy (non-hydrogen) atoms. The molecule has 0 bridgehead atoms. The van der Waals surface area contributed by atoms with E-state index in [0.29, 0.717) is 6.42 Å². The smallest absolute Gasteiger partial charge is 0.303 e. The fourth-order valence-corrected chi connectivity index (χ4v) is 0.875. The van der Waals surface area contributed by atoms with Crippen LogP contribution in [0.2, 0.25) is 0 Å². The number of hydrogen-bond donors (Lipinski definition) is 0. The fourth-order valence-electron chi connectivity index (χ4n) is 0.875. The molecule has 0 aliphatic carbocycles. The van der Waals surface area contributed by atoms with Gasteiger partial charge in [0.15, 0.2) is 0 Å². The predicted molar refractivity (Wildman–Crippen MR) is 47.5 cm³/mol. The Hall–Kier alpha value is -1.39. The molecule has 0 aliphatic heterocycles. The number of carbonyl (C=O) groups is 3. The zero-order chi connectivity index (χ0) is 11.0. The molecule has 1 unspecified atom stereocenters. The molecule has 5 heteroatoms. The van der Waals surface area contributed by atoms with E-state index >= 15 is 0 Å². The Bertz CT molecular complexity index is 211. The quantitative estimate of drug-likeness (QED) is 0.462. The molecule has 0 heterocycles. The summed E-state index contributed by atoms with van der Waals surface area (Å²) in [6, 6.07) is 0. The van der Waals surface area contributed by atoms with Crippen LogP contribution in [-0.2, 0) is 23.9 Å². The summed E-state index contributed by atoms with van der Waals surface area (Å²) >= 11 is 0. The Morgan fingerprint density at radius 3 is 2.36 bits per heavy atom. The number of aldehydes is 1. The molecule has 0 aliphatic rings. The molecule has 0 rings (SSSR count). The minimum Gasteiger partial charge on any atom is -0.462 e. The van der Waals surface area contributed by atoms with Crippen LogP contribution in [0.3, 0.4) is 0 Å². The average Bonchev–Trinajstić information content (AvgIpc) is 2.09. The summed E-state index contributed by atoms with van der Waals surface area (Å²) < 4.78 is 9.50. The molecule has 0 N–H and O–H groups in total. The third-order valence-corrected chi connectivity index (χ3v) is 1.41. The van der Waals surface area contributed by atoms with Crippen molar-refractivity contribution in [2.75, 3.05) is 6.61 Å². The molecule has 0 fully saturated rings. The lowest BCUT2D eigenvalue weighted by Gasteiger charge is -2.15. The van der Waals surface area contributed by atoms with Crippen molar-refractivity contribution in [1.29, 1.82) is 0 Å². The molecule has 0 radical (unpaired) electrons. The van der Waals surface area contributed by atoms with Gasteiger partial charge in [-0.15, -0.1) is 0 Å². The van der Waals surface area contributed by atoms with Crippen LogP contribution in [-0.4, -0.2) is 30.9 Å². The van der Waals surface area contributed by atoms with E-state index in [1.807, 2.05) is 0 Å². The SMILES string of the molecule is CC(=O)OCC(CCC=O)OC(C)=O. The first kappa shape index (κ1) is 12.6. The highest BCUT2D eigenvalue weighted by atomic mass is 16.6. The van der Waals surface area contributed by atoms with Gasteiger partial charge in [0.2, 0.25) is 0 Å². The van der Waals surface area contributed by atoms with Gasteiger partial charge in [0.25, 0.3) is 0 Å². The van der Waals surface area contributed by atoms with Crippen molar-refractivity contribution in [1.82, 2.24) is 0 Å². The van der Waals surface area contributed by atoms with Crippen molar-refractivity contribution < 1.29 is 23.9 Å². The molecule has 0 spiro atoms. The maximum absolute atomic E-state index is 10.6. The third-order valence-electron chi connectivity index (χ3n) is 1.41. The normalized spacial score (nSPS) is 11.6. The zero-order valence-corrected chi connectivity index (χ0v) is 8.32. The van der Waals surface area contributed by atoms with Crippen LogP contribution in [0.4, 0.5) is 0 Å². The lowest BCUT2D eigenvalue weighted by molar-refractivity contribution is -0.156. The molecule has 0 saturated carbocycles. The maximum atomic E-state index is 10.6. The van der Waals surface area contributed by atoms with Gasteiger partial charge in [0.05, 0.1) is 0 Å². The van der Waals surface area contributed by atoms with Crippen LogP contribution in [0.1, 0.15) is 26.7 Å². The first-order chi connectivity index (χ1) is 6.56. The monoisotopic (exact) mass is 202 g/mol. The van der Waals surface area contributed by atoms with Gasteiger partial charge in [-0.05, 0) is 6.42 Å². The van der Waals surface area contributed by atoms with Gasteiger partial charge >= 0.3 is 11.9 Å². The van der Waals surface area contributed by atoms with Gasteiger partial charge in [-0.1, -0.05) is 0 Å². The van der Waals surface area contributed by atoms with Crippen molar-refractivity contribution in [2.45, 2.75) is 32.8 Å². The van der Waals surface area contributed by atoms with Crippen LogP contribution >= 0.6 is 0 Å². The van der Waals surface area contributed by atoms with E-state index in [0.717, 1.165) is 6.29 Å². The first-order valence-electron chi connectivity index (χ1n) is 4.30. The van der Waals surface area contributed by atoms with E-state index in [4.69, 9.17) is 4.74 Å². The van der Waals surface area contributed by atoms with Crippen molar-refractivity contribution >= 4 is 18.2 Å². The van der Waals surface area contributed by atoms with Gasteiger partial charge in [0, 0.05) is 20.3 Å². The number of ether oxygens (including phenoxy) is 2. The topological polar surface area (TPSA) is 69.7 Å². The number of hydrogen-bond acceptors (Lipinski definition) is 5. The molecule has 80 valence electrons. The molecule has 0 amide bonds. The molecule has 0 aromatic heterocycles. The highest BCUT2D eigenvalue weighted by Crippen LogP contribution is 2.02. The number of esters is 2. The summed E-state index contributed by atoms with van der Waals surface area (Å²) in [6.45, 7) is 2.54. The van der Waals surface area contributed by atoms with E-state index in [9.17, 15) is 14.4 Å². The van der Waals surface area contributed by atoms with Crippen LogP contribution in [0.5, 0.6) is 0 Å². The highest BCUT2D eigenvalue weighted by molar-refractivity contribution is 5.67. The Kier molecular flexibility index (Phi) is 6.36. The second-order valence-electron chi connectivity index (χ2n) is 2.78. The molecule has 5 nitrogen and oxygen atoms in total. The summed E-state index contributed by atoms with van der Waals surface area (Å²) in [6.07, 6.45) is 0.849. The van der Waals surface area contributed by atoms with E-state index in [1.54, 1.807) is 0 Å². The Labute approximate surface area is 82.4 Å². The summed E-state index contributed by atoms with van der Waals surface area (Å²) in [5, 5.41) is 0. The lowest BCUT2D eigenvalue weighted by atomic mass is 10.2. The lowest BCUT2D eigenvalue weighted by Crippen LogP contribution is -2.23. The summed E-state index contributed by atoms with van der Waals surface area (Å²) in [5.41, 5.74) is 0. The van der Waals surface area contributed by atoms with E-state index < -0.39 is 18.0 Å². The average molecular weight is 202 g/mol. The van der Waals surface area contributed by atoms with E-state index in [1.165, 1.54) is 13.8 Å². The van der Waals surface area contributed by atoms with Gasteiger partial charge in [-0.2, -0.15) is 0 Å². The van der Waals surface area contributed by atoms with Crippen LogP contribution in [0, 0.1) is 0 Å². The second kappa shape index (κ2) is 7.06. The number of carbonyl (C=O) groups excluding carboxylic acids is 3. The van der Waals surface area contributed by atoms with Crippen molar-refractivity contribution in [2.24, 2.45) is 0 Å². The molecule has 1 atom stereocenters. The number of rotatable bonds is 6. The second-order valence-corrected chi connectivity index (χ2v) is 2.78. The van der Waals surface area contributed by atoms with Gasteiger partial charge in [-0.3, -0.25) is 9.59 Å². The van der Waals surface area contributed by atoms with Crippen molar-refractivity contribution in [3.8, 4) is 0 Å². The Morgan fingerprint density at radius 1 is 1.29 bits per heavy atom. The largest absolute Gasteiger partial charge is 0.462 e. The minimum atomic E-state index is -0.526. The highest BCUT2D eigenvalue weighted by Gasteiger charge is 2.13. The van der Waals surface area contributed by atoms with E-state index in [2.05, 4.69) is 4.74 Å². The minimum absolute atomic E-state index is 0.00273. The predicted octanol–water partition coefficient (Wildman–Crippen LogP) is 0.460. The van der Waals surface area contributed by atoms with Crippen molar-refractivity contribution in [3.05, 3.63) is 0 Å². The maximum Gasteiger partial charge on any atom is 0.303 e. The molecular formula is C9H14O5. The van der Waals surface area contributed by atoms with Crippen LogP contribution in [0.15, 0.2) is 0 Å². The van der Waals surface area contributed by atoms with E-state index in [-0.39, 0.29) is 13.0 Å². The summed E-state index contributed by atoms with van der Waals surface area (Å²) in [7, 11) is 0. The van der Waals surface area contributed by atoms with Crippen LogP contribution in [0.25, 0.3) is 0 Å². The Balaban J connectivity index is 3.89. The third kappa shape index (κ3) is 7.27. The molecule has 0 aromatic carbocycles.